The van der Waals surface area contributed by atoms with Crippen LogP contribution in [0.4, 0.5) is 0 Å². The predicted molar refractivity (Wildman–Crippen MR) is 84.7 cm³/mol. The molecule has 0 spiro atoms. The Hall–Kier alpha value is -2.08. The monoisotopic (exact) mass is 321 g/mol. The highest BCUT2D eigenvalue weighted by molar-refractivity contribution is 5.94. The second kappa shape index (κ2) is 7.00. The fourth-order valence-corrected chi connectivity index (χ4v) is 2.48. The lowest BCUT2D eigenvalue weighted by Gasteiger charge is -2.35. The molecule has 6 nitrogen and oxygen atoms in total. The van der Waals surface area contributed by atoms with E-state index in [2.05, 4.69) is 0 Å². The molecule has 0 aliphatic carbocycles. The molecule has 1 N–H and O–H groups in total. The summed E-state index contributed by atoms with van der Waals surface area (Å²) >= 11 is 0. The van der Waals surface area contributed by atoms with Crippen LogP contribution in [-0.2, 0) is 9.53 Å². The van der Waals surface area contributed by atoms with Gasteiger partial charge in [-0.25, -0.2) is 0 Å². The van der Waals surface area contributed by atoms with Crippen LogP contribution in [0.1, 0.15) is 37.6 Å². The fraction of sp³-hybridized carbons (Fsp3) is 0.529. The molecule has 0 saturated carbocycles. The smallest absolute Gasteiger partial charge is 0.305 e. The fourth-order valence-electron chi connectivity index (χ4n) is 2.48. The number of aliphatic carboxylic acids is 1. The first kappa shape index (κ1) is 17.3. The second-order valence-corrected chi connectivity index (χ2v) is 6.56. The Morgan fingerprint density at radius 3 is 2.52 bits per heavy atom. The second-order valence-electron chi connectivity index (χ2n) is 6.56. The molecule has 1 saturated heterocycles. The lowest BCUT2D eigenvalue weighted by atomic mass is 10.1. The average Bonchev–Trinajstić information content (AvgIpc) is 2.45. The standard InChI is InChI=1S/C17H23NO5/c1-17(2,3)23-14-6-4-12(5-7-14)16(21)18-8-9-22-11-13(18)10-15(19)20/h4-7,13H,8-11H2,1-3H3,(H,19,20). The highest BCUT2D eigenvalue weighted by atomic mass is 16.5. The molecule has 126 valence electrons. The Balaban J connectivity index is 2.10. The Morgan fingerprint density at radius 2 is 1.96 bits per heavy atom. The van der Waals surface area contributed by atoms with Gasteiger partial charge in [-0.15, -0.1) is 0 Å². The SMILES string of the molecule is CC(C)(C)Oc1ccc(C(=O)N2CCOCC2CC(=O)O)cc1. The molecule has 1 heterocycles. The molecule has 1 fully saturated rings. The number of benzene rings is 1. The zero-order chi connectivity index (χ0) is 17.0. The van der Waals surface area contributed by atoms with Gasteiger partial charge in [-0.1, -0.05) is 0 Å². The van der Waals surface area contributed by atoms with Crippen LogP contribution < -0.4 is 4.74 Å². The molecular formula is C17H23NO5. The van der Waals surface area contributed by atoms with Gasteiger partial charge in [0.05, 0.1) is 25.7 Å². The van der Waals surface area contributed by atoms with E-state index in [-0.39, 0.29) is 24.5 Å². The van der Waals surface area contributed by atoms with E-state index in [0.717, 1.165) is 0 Å². The van der Waals surface area contributed by atoms with E-state index in [4.69, 9.17) is 14.6 Å². The number of carboxylic acids is 1. The van der Waals surface area contributed by atoms with Gasteiger partial charge in [0.15, 0.2) is 0 Å². The van der Waals surface area contributed by atoms with Crippen LogP contribution in [0.5, 0.6) is 5.75 Å². The van der Waals surface area contributed by atoms with Crippen LogP contribution in [0.15, 0.2) is 24.3 Å². The normalized spacial score (nSPS) is 18.6. The maximum absolute atomic E-state index is 12.6. The maximum atomic E-state index is 12.6. The molecule has 23 heavy (non-hydrogen) atoms. The molecule has 2 rings (SSSR count). The summed E-state index contributed by atoms with van der Waals surface area (Å²) in [6.45, 7) is 6.94. The van der Waals surface area contributed by atoms with Crippen LogP contribution in [0.25, 0.3) is 0 Å². The van der Waals surface area contributed by atoms with Gasteiger partial charge < -0.3 is 19.5 Å². The van der Waals surface area contributed by atoms with Crippen molar-refractivity contribution in [2.24, 2.45) is 0 Å². The zero-order valence-corrected chi connectivity index (χ0v) is 13.7. The Kier molecular flexibility index (Phi) is 5.26. The van der Waals surface area contributed by atoms with Gasteiger partial charge >= 0.3 is 5.97 Å². The molecule has 0 bridgehead atoms. The van der Waals surface area contributed by atoms with Crippen molar-refractivity contribution in [3.8, 4) is 5.75 Å². The Bertz CT molecular complexity index is 561. The van der Waals surface area contributed by atoms with Gasteiger partial charge in [0, 0.05) is 12.1 Å². The number of nitrogens with zero attached hydrogens (tertiary/aromatic N) is 1. The largest absolute Gasteiger partial charge is 0.488 e. The van der Waals surface area contributed by atoms with Gasteiger partial charge in [0.2, 0.25) is 0 Å². The van der Waals surface area contributed by atoms with E-state index in [1.807, 2.05) is 20.8 Å². The van der Waals surface area contributed by atoms with E-state index < -0.39 is 12.0 Å². The molecule has 0 radical (unpaired) electrons. The van der Waals surface area contributed by atoms with Gasteiger partial charge in [0.1, 0.15) is 11.4 Å². The van der Waals surface area contributed by atoms with E-state index >= 15 is 0 Å². The van der Waals surface area contributed by atoms with Crippen LogP contribution in [0, 0.1) is 0 Å². The summed E-state index contributed by atoms with van der Waals surface area (Å²) < 4.78 is 11.0. The van der Waals surface area contributed by atoms with Crippen LogP contribution in [0.2, 0.25) is 0 Å². The van der Waals surface area contributed by atoms with Gasteiger partial charge in [-0.05, 0) is 45.0 Å². The number of morpholine rings is 1. The predicted octanol–water partition coefficient (Wildman–Crippen LogP) is 2.18. The Labute approximate surface area is 136 Å². The van der Waals surface area contributed by atoms with Crippen LogP contribution in [-0.4, -0.2) is 53.3 Å². The number of ether oxygens (including phenoxy) is 2. The molecule has 1 unspecified atom stereocenters. The van der Waals surface area contributed by atoms with E-state index in [1.165, 1.54) is 0 Å². The van der Waals surface area contributed by atoms with Crippen molar-refractivity contribution in [1.29, 1.82) is 0 Å². The first-order valence-corrected chi connectivity index (χ1v) is 7.66. The van der Waals surface area contributed by atoms with Crippen molar-refractivity contribution in [3.05, 3.63) is 29.8 Å². The third kappa shape index (κ3) is 4.96. The van der Waals surface area contributed by atoms with Crippen molar-refractivity contribution in [2.45, 2.75) is 38.8 Å². The summed E-state index contributed by atoms with van der Waals surface area (Å²) in [6, 6.07) is 6.49. The molecule has 1 atom stereocenters. The minimum Gasteiger partial charge on any atom is -0.488 e. The third-order valence-corrected chi connectivity index (χ3v) is 3.42. The number of rotatable bonds is 4. The van der Waals surface area contributed by atoms with Gasteiger partial charge in [-0.2, -0.15) is 0 Å². The number of carbonyl (C=O) groups is 2. The minimum absolute atomic E-state index is 0.114. The van der Waals surface area contributed by atoms with E-state index in [1.54, 1.807) is 29.2 Å². The maximum Gasteiger partial charge on any atom is 0.305 e. The molecule has 0 aromatic heterocycles. The summed E-state index contributed by atoms with van der Waals surface area (Å²) in [5, 5.41) is 8.97. The summed E-state index contributed by atoms with van der Waals surface area (Å²) in [4.78, 5) is 25.1. The number of hydrogen-bond donors (Lipinski definition) is 1. The highest BCUT2D eigenvalue weighted by Gasteiger charge is 2.29. The third-order valence-electron chi connectivity index (χ3n) is 3.42. The quantitative estimate of drug-likeness (QED) is 0.920. The molecule has 1 aromatic carbocycles. The highest BCUT2D eigenvalue weighted by Crippen LogP contribution is 2.21. The summed E-state index contributed by atoms with van der Waals surface area (Å²) in [5.41, 5.74) is 0.214. The van der Waals surface area contributed by atoms with Crippen molar-refractivity contribution < 1.29 is 24.2 Å². The van der Waals surface area contributed by atoms with Gasteiger partial charge in [-0.3, -0.25) is 9.59 Å². The van der Waals surface area contributed by atoms with E-state index in [0.29, 0.717) is 24.5 Å². The van der Waals surface area contributed by atoms with Crippen LogP contribution >= 0.6 is 0 Å². The molecule has 1 aliphatic heterocycles. The van der Waals surface area contributed by atoms with Crippen molar-refractivity contribution in [3.63, 3.8) is 0 Å². The zero-order valence-electron chi connectivity index (χ0n) is 13.7. The minimum atomic E-state index is -0.938. The molecule has 1 aromatic rings. The van der Waals surface area contributed by atoms with Crippen molar-refractivity contribution in [1.82, 2.24) is 4.90 Å². The number of amides is 1. The molecule has 1 aliphatic rings. The lowest BCUT2D eigenvalue weighted by molar-refractivity contribution is -0.139. The number of hydrogen-bond acceptors (Lipinski definition) is 4. The molecular weight excluding hydrogens is 298 g/mol. The van der Waals surface area contributed by atoms with Crippen LogP contribution in [0.3, 0.4) is 0 Å². The summed E-state index contributed by atoms with van der Waals surface area (Å²) in [7, 11) is 0. The molecule has 6 heteroatoms. The summed E-state index contributed by atoms with van der Waals surface area (Å²) in [6.07, 6.45) is -0.114. The lowest BCUT2D eigenvalue weighted by Crippen LogP contribution is -2.49. The number of carboxylic acid groups (broad SMARTS) is 1. The topological polar surface area (TPSA) is 76.1 Å². The van der Waals surface area contributed by atoms with Crippen molar-refractivity contribution >= 4 is 11.9 Å². The molecule has 1 amide bonds. The van der Waals surface area contributed by atoms with E-state index in [9.17, 15) is 9.59 Å². The first-order valence-electron chi connectivity index (χ1n) is 7.66. The first-order chi connectivity index (χ1) is 10.8. The average molecular weight is 321 g/mol. The van der Waals surface area contributed by atoms with Crippen molar-refractivity contribution in [2.75, 3.05) is 19.8 Å². The van der Waals surface area contributed by atoms with Gasteiger partial charge in [0.25, 0.3) is 5.91 Å². The Morgan fingerprint density at radius 1 is 1.30 bits per heavy atom. The number of carbonyl (C=O) groups excluding carboxylic acids is 1. The summed E-state index contributed by atoms with van der Waals surface area (Å²) in [5.74, 6) is -0.424.